The normalized spacial score (nSPS) is 25.9. The third-order valence-electron chi connectivity index (χ3n) is 3.26. The van der Waals surface area contributed by atoms with Crippen molar-refractivity contribution in [2.75, 3.05) is 6.54 Å². The molecule has 4 heteroatoms. The highest BCUT2D eigenvalue weighted by molar-refractivity contribution is 5.02. The van der Waals surface area contributed by atoms with Crippen LogP contribution in [0.25, 0.3) is 0 Å². The molecule has 0 aromatic carbocycles. The number of ether oxygens (including phenoxy) is 1. The fourth-order valence-corrected chi connectivity index (χ4v) is 2.34. The molecule has 2 unspecified atom stereocenters. The predicted molar refractivity (Wildman–Crippen MR) is 60.8 cm³/mol. The van der Waals surface area contributed by atoms with E-state index in [2.05, 4.69) is 5.16 Å². The summed E-state index contributed by atoms with van der Waals surface area (Å²) in [7, 11) is 0. The van der Waals surface area contributed by atoms with Crippen LogP contribution in [0.1, 0.15) is 37.1 Å². The Labute approximate surface area is 96.1 Å². The van der Waals surface area contributed by atoms with E-state index in [1.165, 1.54) is 19.3 Å². The summed E-state index contributed by atoms with van der Waals surface area (Å²) in [5, 5.41) is 3.92. The summed E-state index contributed by atoms with van der Waals surface area (Å²) in [6.45, 7) is 3.15. The first-order valence-corrected chi connectivity index (χ1v) is 6.03. The lowest BCUT2D eigenvalue weighted by atomic mass is 9.86. The molecule has 4 nitrogen and oxygen atoms in total. The summed E-state index contributed by atoms with van der Waals surface area (Å²) in [5.74, 6) is 1.35. The summed E-state index contributed by atoms with van der Waals surface area (Å²) >= 11 is 0. The van der Waals surface area contributed by atoms with Crippen molar-refractivity contribution in [2.24, 2.45) is 11.7 Å². The second-order valence-corrected chi connectivity index (χ2v) is 4.56. The quantitative estimate of drug-likeness (QED) is 0.850. The van der Waals surface area contributed by atoms with Gasteiger partial charge >= 0.3 is 0 Å². The van der Waals surface area contributed by atoms with Crippen LogP contribution in [0.2, 0.25) is 0 Å². The molecule has 2 N–H and O–H groups in total. The molecular weight excluding hydrogens is 204 g/mol. The van der Waals surface area contributed by atoms with Crippen LogP contribution >= 0.6 is 0 Å². The van der Waals surface area contributed by atoms with E-state index < -0.39 is 0 Å². The number of rotatable bonds is 4. The van der Waals surface area contributed by atoms with E-state index in [0.717, 1.165) is 24.4 Å². The Morgan fingerprint density at radius 1 is 1.50 bits per heavy atom. The van der Waals surface area contributed by atoms with Crippen LogP contribution in [-0.4, -0.2) is 17.8 Å². The highest BCUT2D eigenvalue weighted by Gasteiger charge is 2.24. The highest BCUT2D eigenvalue weighted by atomic mass is 16.5. The summed E-state index contributed by atoms with van der Waals surface area (Å²) in [4.78, 5) is 0. The van der Waals surface area contributed by atoms with Crippen LogP contribution in [0.15, 0.2) is 10.6 Å². The molecule has 90 valence electrons. The topological polar surface area (TPSA) is 61.3 Å². The first-order chi connectivity index (χ1) is 7.79. The van der Waals surface area contributed by atoms with E-state index in [9.17, 15) is 0 Å². The Balaban J connectivity index is 1.84. The molecule has 1 heterocycles. The van der Waals surface area contributed by atoms with E-state index >= 15 is 0 Å². The lowest BCUT2D eigenvalue weighted by Crippen LogP contribution is -2.33. The van der Waals surface area contributed by atoms with Crippen LogP contribution in [0.5, 0.6) is 0 Å². The van der Waals surface area contributed by atoms with Gasteiger partial charge in [0, 0.05) is 6.07 Å². The van der Waals surface area contributed by atoms with Crippen molar-refractivity contribution in [2.45, 2.75) is 45.3 Å². The standard InChI is InChI=1S/C12H20N2O2/c1-9-6-11(14-16-9)8-15-12-5-3-2-4-10(12)7-13/h6,10,12H,2-5,7-8,13H2,1H3. The van der Waals surface area contributed by atoms with Gasteiger partial charge in [-0.3, -0.25) is 0 Å². The minimum absolute atomic E-state index is 0.302. The maximum absolute atomic E-state index is 5.88. The maximum Gasteiger partial charge on any atom is 0.134 e. The summed E-state index contributed by atoms with van der Waals surface area (Å²) in [6.07, 6.45) is 5.15. The molecule has 0 saturated heterocycles. The van der Waals surface area contributed by atoms with E-state index in [0.29, 0.717) is 18.6 Å². The molecule has 1 fully saturated rings. The largest absolute Gasteiger partial charge is 0.371 e. The molecule has 2 rings (SSSR count). The molecule has 0 radical (unpaired) electrons. The van der Waals surface area contributed by atoms with Crippen molar-refractivity contribution in [3.05, 3.63) is 17.5 Å². The Morgan fingerprint density at radius 2 is 2.31 bits per heavy atom. The van der Waals surface area contributed by atoms with Crippen LogP contribution in [-0.2, 0) is 11.3 Å². The Bertz CT molecular complexity index is 325. The second-order valence-electron chi connectivity index (χ2n) is 4.56. The van der Waals surface area contributed by atoms with Gasteiger partial charge in [-0.2, -0.15) is 0 Å². The van der Waals surface area contributed by atoms with E-state index in [1.54, 1.807) is 0 Å². The second kappa shape index (κ2) is 5.46. The third-order valence-corrected chi connectivity index (χ3v) is 3.26. The average molecular weight is 224 g/mol. The molecule has 0 amide bonds. The van der Waals surface area contributed by atoms with Crippen molar-refractivity contribution in [3.63, 3.8) is 0 Å². The van der Waals surface area contributed by atoms with Crippen LogP contribution in [0, 0.1) is 12.8 Å². The smallest absolute Gasteiger partial charge is 0.134 e. The van der Waals surface area contributed by atoms with E-state index in [-0.39, 0.29) is 0 Å². The minimum atomic E-state index is 0.302. The van der Waals surface area contributed by atoms with Crippen molar-refractivity contribution in [1.82, 2.24) is 5.16 Å². The van der Waals surface area contributed by atoms with E-state index in [4.69, 9.17) is 15.0 Å². The Kier molecular flexibility index (Phi) is 3.96. The molecule has 2 atom stereocenters. The number of hydrogen-bond acceptors (Lipinski definition) is 4. The molecule has 1 saturated carbocycles. The first kappa shape index (κ1) is 11.6. The van der Waals surface area contributed by atoms with Gasteiger partial charge < -0.3 is 15.0 Å². The van der Waals surface area contributed by atoms with Crippen molar-refractivity contribution >= 4 is 0 Å². The monoisotopic (exact) mass is 224 g/mol. The fraction of sp³-hybridized carbons (Fsp3) is 0.750. The molecule has 1 aromatic heterocycles. The molecule has 0 bridgehead atoms. The van der Waals surface area contributed by atoms with Gasteiger partial charge in [0.25, 0.3) is 0 Å². The molecule has 0 spiro atoms. The SMILES string of the molecule is Cc1cc(COC2CCCCC2CN)no1. The lowest BCUT2D eigenvalue weighted by molar-refractivity contribution is -0.0203. The fourth-order valence-electron chi connectivity index (χ4n) is 2.34. The Hall–Kier alpha value is -0.870. The van der Waals surface area contributed by atoms with Gasteiger partial charge in [0.15, 0.2) is 0 Å². The maximum atomic E-state index is 5.88. The van der Waals surface area contributed by atoms with Crippen molar-refractivity contribution in [3.8, 4) is 0 Å². The zero-order valence-corrected chi connectivity index (χ0v) is 9.82. The predicted octanol–water partition coefficient (Wildman–Crippen LogP) is 2.02. The molecule has 1 aromatic rings. The highest BCUT2D eigenvalue weighted by Crippen LogP contribution is 2.26. The summed E-state index contributed by atoms with van der Waals surface area (Å²) in [5.41, 5.74) is 6.63. The number of nitrogens with zero attached hydrogens (tertiary/aromatic N) is 1. The van der Waals surface area contributed by atoms with Gasteiger partial charge in [-0.15, -0.1) is 0 Å². The van der Waals surface area contributed by atoms with Crippen molar-refractivity contribution in [1.29, 1.82) is 0 Å². The number of aryl methyl sites for hydroxylation is 1. The van der Waals surface area contributed by atoms with E-state index in [1.807, 2.05) is 13.0 Å². The van der Waals surface area contributed by atoms with Gasteiger partial charge in [0.1, 0.15) is 11.5 Å². The van der Waals surface area contributed by atoms with Crippen LogP contribution in [0.4, 0.5) is 0 Å². The zero-order chi connectivity index (χ0) is 11.4. The first-order valence-electron chi connectivity index (χ1n) is 6.03. The third kappa shape index (κ3) is 2.83. The van der Waals surface area contributed by atoms with Gasteiger partial charge in [-0.1, -0.05) is 18.0 Å². The zero-order valence-electron chi connectivity index (χ0n) is 9.82. The minimum Gasteiger partial charge on any atom is -0.371 e. The molecule has 1 aliphatic carbocycles. The number of aromatic nitrogens is 1. The van der Waals surface area contributed by atoms with Gasteiger partial charge in [-0.25, -0.2) is 0 Å². The van der Waals surface area contributed by atoms with Gasteiger partial charge in [0.2, 0.25) is 0 Å². The van der Waals surface area contributed by atoms with Crippen LogP contribution < -0.4 is 5.73 Å². The van der Waals surface area contributed by atoms with Crippen molar-refractivity contribution < 1.29 is 9.26 Å². The van der Waals surface area contributed by atoms with Gasteiger partial charge in [0.05, 0.1) is 12.7 Å². The number of nitrogens with two attached hydrogens (primary N) is 1. The molecule has 16 heavy (non-hydrogen) atoms. The molecular formula is C12H20N2O2. The van der Waals surface area contributed by atoms with Crippen LogP contribution in [0.3, 0.4) is 0 Å². The van der Waals surface area contributed by atoms with Gasteiger partial charge in [-0.05, 0) is 32.2 Å². The summed E-state index contributed by atoms with van der Waals surface area (Å²) in [6, 6.07) is 1.92. The molecule has 1 aliphatic rings. The summed E-state index contributed by atoms with van der Waals surface area (Å²) < 4.78 is 10.9. The molecule has 0 aliphatic heterocycles. The lowest BCUT2D eigenvalue weighted by Gasteiger charge is -2.30. The Morgan fingerprint density at radius 3 is 3.00 bits per heavy atom. The number of hydrogen-bond donors (Lipinski definition) is 1. The average Bonchev–Trinajstić information content (AvgIpc) is 2.73.